The molecule has 4 rings (SSSR count). The van der Waals surface area contributed by atoms with Gasteiger partial charge in [0, 0.05) is 17.8 Å². The predicted molar refractivity (Wildman–Crippen MR) is 96.1 cm³/mol. The number of nitrogens with zero attached hydrogens (tertiary/aromatic N) is 4. The van der Waals surface area contributed by atoms with Crippen molar-refractivity contribution < 1.29 is 13.9 Å². The molecule has 0 aliphatic rings. The summed E-state index contributed by atoms with van der Waals surface area (Å²) in [4.78, 5) is 32.9. The van der Waals surface area contributed by atoms with Crippen molar-refractivity contribution in [2.24, 2.45) is 0 Å². The fraction of sp³-hybridized carbons (Fsp3) is 0.0556. The lowest BCUT2D eigenvalue weighted by atomic mass is 10.1. The second kappa shape index (κ2) is 6.71. The molecule has 1 aromatic carbocycles. The summed E-state index contributed by atoms with van der Waals surface area (Å²) >= 11 is 0. The summed E-state index contributed by atoms with van der Waals surface area (Å²) in [5, 5.41) is 7.17. The normalized spacial score (nSPS) is 10.7. The number of hydrogen-bond donors (Lipinski definition) is 1. The van der Waals surface area contributed by atoms with Gasteiger partial charge in [0.2, 0.25) is 0 Å². The van der Waals surface area contributed by atoms with E-state index in [4.69, 9.17) is 9.15 Å². The monoisotopic (exact) mass is 363 g/mol. The Morgan fingerprint density at radius 2 is 2.04 bits per heavy atom. The Bertz CT molecular complexity index is 1170. The zero-order chi connectivity index (χ0) is 18.8. The van der Waals surface area contributed by atoms with E-state index in [9.17, 15) is 9.59 Å². The molecule has 0 radical (unpaired) electrons. The lowest BCUT2D eigenvalue weighted by Gasteiger charge is -2.07. The summed E-state index contributed by atoms with van der Waals surface area (Å²) in [6.07, 6.45) is 6.15. The largest absolute Gasteiger partial charge is 0.493 e. The van der Waals surface area contributed by atoms with Gasteiger partial charge in [-0.3, -0.25) is 4.79 Å². The molecule has 4 aromatic rings. The highest BCUT2D eigenvalue weighted by molar-refractivity contribution is 6.05. The SMILES string of the molecule is COc1cccc2cc(C(=O)Nc3cnc(-n4cccn4)nc3)c(=O)oc12. The number of benzene rings is 1. The number of fused-ring (bicyclic) bond motifs is 1. The van der Waals surface area contributed by atoms with E-state index in [0.29, 0.717) is 22.8 Å². The number of ether oxygens (including phenoxy) is 1. The standard InChI is InChI=1S/C18H13N5O4/c1-26-14-5-2-4-11-8-13(17(25)27-15(11)14)16(24)22-12-9-19-18(20-10-12)23-7-3-6-21-23/h2-10H,1H3,(H,22,24). The van der Waals surface area contributed by atoms with Crippen LogP contribution in [0.2, 0.25) is 0 Å². The molecule has 134 valence electrons. The van der Waals surface area contributed by atoms with Crippen LogP contribution in [0, 0.1) is 0 Å². The van der Waals surface area contributed by atoms with E-state index in [-0.39, 0.29) is 11.1 Å². The first-order valence-corrected chi connectivity index (χ1v) is 7.90. The van der Waals surface area contributed by atoms with Crippen molar-refractivity contribution in [2.75, 3.05) is 12.4 Å². The van der Waals surface area contributed by atoms with E-state index in [2.05, 4.69) is 20.4 Å². The molecule has 0 unspecified atom stereocenters. The maximum atomic E-state index is 12.5. The van der Waals surface area contributed by atoms with Gasteiger partial charge in [-0.25, -0.2) is 19.4 Å². The number of hydrogen-bond acceptors (Lipinski definition) is 7. The molecule has 1 amide bonds. The van der Waals surface area contributed by atoms with E-state index < -0.39 is 11.5 Å². The Kier molecular flexibility index (Phi) is 4.09. The number of anilines is 1. The van der Waals surface area contributed by atoms with Gasteiger partial charge in [0.15, 0.2) is 11.3 Å². The molecule has 3 heterocycles. The average Bonchev–Trinajstić information content (AvgIpc) is 3.22. The van der Waals surface area contributed by atoms with Crippen molar-refractivity contribution in [3.05, 3.63) is 71.1 Å². The maximum Gasteiger partial charge on any atom is 0.349 e. The number of amides is 1. The van der Waals surface area contributed by atoms with Crippen LogP contribution in [0.5, 0.6) is 5.75 Å². The van der Waals surface area contributed by atoms with Gasteiger partial charge in [0.1, 0.15) is 5.56 Å². The van der Waals surface area contributed by atoms with Crippen molar-refractivity contribution in [1.82, 2.24) is 19.7 Å². The zero-order valence-corrected chi connectivity index (χ0v) is 14.1. The number of methoxy groups -OCH3 is 1. The molecule has 0 saturated heterocycles. The summed E-state index contributed by atoms with van der Waals surface area (Å²) in [5.74, 6) is 0.151. The molecule has 0 aliphatic carbocycles. The molecular formula is C18H13N5O4. The second-order valence-corrected chi connectivity index (χ2v) is 5.50. The Morgan fingerprint density at radius 3 is 2.74 bits per heavy atom. The summed E-state index contributed by atoms with van der Waals surface area (Å²) in [5.41, 5.74) is -0.278. The van der Waals surface area contributed by atoms with Crippen LogP contribution in [0.1, 0.15) is 10.4 Å². The van der Waals surface area contributed by atoms with Crippen LogP contribution in [0.4, 0.5) is 5.69 Å². The van der Waals surface area contributed by atoms with Gasteiger partial charge in [-0.15, -0.1) is 0 Å². The predicted octanol–water partition coefficient (Wildman–Crippen LogP) is 2.03. The van der Waals surface area contributed by atoms with Gasteiger partial charge >= 0.3 is 5.63 Å². The molecule has 3 aromatic heterocycles. The molecule has 9 heteroatoms. The molecule has 9 nitrogen and oxygen atoms in total. The lowest BCUT2D eigenvalue weighted by molar-refractivity contribution is 0.102. The third-order valence-electron chi connectivity index (χ3n) is 3.79. The minimum absolute atomic E-state index is 0.132. The minimum Gasteiger partial charge on any atom is -0.493 e. The van der Waals surface area contributed by atoms with Gasteiger partial charge in [-0.05, 0) is 18.2 Å². The molecule has 0 fully saturated rings. The van der Waals surface area contributed by atoms with Crippen molar-refractivity contribution >= 4 is 22.6 Å². The van der Waals surface area contributed by atoms with Crippen LogP contribution in [0.25, 0.3) is 16.9 Å². The topological polar surface area (TPSA) is 112 Å². The molecule has 0 spiro atoms. The van der Waals surface area contributed by atoms with Crippen LogP contribution in [0.3, 0.4) is 0 Å². The van der Waals surface area contributed by atoms with Crippen molar-refractivity contribution in [2.45, 2.75) is 0 Å². The first kappa shape index (κ1) is 16.5. The molecule has 0 atom stereocenters. The summed E-state index contributed by atoms with van der Waals surface area (Å²) in [6, 6.07) is 8.33. The van der Waals surface area contributed by atoms with Crippen molar-refractivity contribution in [3.8, 4) is 11.7 Å². The van der Waals surface area contributed by atoms with E-state index in [1.807, 2.05) is 0 Å². The summed E-state index contributed by atoms with van der Waals surface area (Å²) in [6.45, 7) is 0. The highest BCUT2D eigenvalue weighted by Gasteiger charge is 2.16. The van der Waals surface area contributed by atoms with Crippen LogP contribution < -0.4 is 15.7 Å². The van der Waals surface area contributed by atoms with Gasteiger partial charge in [0.25, 0.3) is 11.9 Å². The van der Waals surface area contributed by atoms with Crippen LogP contribution in [-0.2, 0) is 0 Å². The number of carbonyl (C=O) groups excluding carboxylic acids is 1. The highest BCUT2D eigenvalue weighted by atomic mass is 16.5. The average molecular weight is 363 g/mol. The Labute approximate surface area is 152 Å². The van der Waals surface area contributed by atoms with E-state index >= 15 is 0 Å². The quantitative estimate of drug-likeness (QED) is 0.552. The number of carbonyl (C=O) groups is 1. The van der Waals surface area contributed by atoms with Gasteiger partial charge in [-0.1, -0.05) is 12.1 Å². The summed E-state index contributed by atoms with van der Waals surface area (Å²) < 4.78 is 11.9. The van der Waals surface area contributed by atoms with Crippen molar-refractivity contribution in [1.29, 1.82) is 0 Å². The summed E-state index contributed by atoms with van der Waals surface area (Å²) in [7, 11) is 1.47. The minimum atomic E-state index is -0.765. The number of para-hydroxylation sites is 1. The number of nitrogens with one attached hydrogen (secondary N) is 1. The highest BCUT2D eigenvalue weighted by Crippen LogP contribution is 2.24. The third kappa shape index (κ3) is 3.13. The van der Waals surface area contributed by atoms with Crippen LogP contribution >= 0.6 is 0 Å². The van der Waals surface area contributed by atoms with E-state index in [1.165, 1.54) is 30.3 Å². The molecule has 0 saturated carbocycles. The Hall–Kier alpha value is -4.01. The maximum absolute atomic E-state index is 12.5. The first-order chi connectivity index (χ1) is 13.2. The molecular weight excluding hydrogens is 350 g/mol. The third-order valence-corrected chi connectivity index (χ3v) is 3.79. The van der Waals surface area contributed by atoms with Gasteiger partial charge in [0.05, 0.1) is 25.2 Å². The fourth-order valence-electron chi connectivity index (χ4n) is 2.53. The second-order valence-electron chi connectivity index (χ2n) is 5.50. The van der Waals surface area contributed by atoms with E-state index in [0.717, 1.165) is 0 Å². The van der Waals surface area contributed by atoms with Gasteiger partial charge < -0.3 is 14.5 Å². The molecule has 0 bridgehead atoms. The molecule has 27 heavy (non-hydrogen) atoms. The Balaban J connectivity index is 1.61. The first-order valence-electron chi connectivity index (χ1n) is 7.90. The Morgan fingerprint density at radius 1 is 1.22 bits per heavy atom. The van der Waals surface area contributed by atoms with E-state index in [1.54, 1.807) is 36.7 Å². The molecule has 0 aliphatic heterocycles. The van der Waals surface area contributed by atoms with Crippen LogP contribution in [0.15, 0.2) is 64.3 Å². The number of rotatable bonds is 4. The molecule has 1 N–H and O–H groups in total. The lowest BCUT2D eigenvalue weighted by Crippen LogP contribution is -2.21. The van der Waals surface area contributed by atoms with Crippen LogP contribution in [-0.4, -0.2) is 32.8 Å². The van der Waals surface area contributed by atoms with Crippen molar-refractivity contribution in [3.63, 3.8) is 0 Å². The fourth-order valence-corrected chi connectivity index (χ4v) is 2.53. The zero-order valence-electron chi connectivity index (χ0n) is 14.1. The van der Waals surface area contributed by atoms with Gasteiger partial charge in [-0.2, -0.15) is 5.10 Å². The number of aromatic nitrogens is 4. The smallest absolute Gasteiger partial charge is 0.349 e.